The number of rotatable bonds is 8. The molecule has 2 fully saturated rings. The molecule has 1 aliphatic carbocycles. The maximum atomic E-state index is 6.00. The Kier molecular flexibility index (Phi) is 6.96. The number of morpholine rings is 1. The molecule has 1 aromatic carbocycles. The van der Waals surface area contributed by atoms with E-state index in [0.717, 1.165) is 62.6 Å². The van der Waals surface area contributed by atoms with E-state index in [1.165, 1.54) is 12.8 Å². The van der Waals surface area contributed by atoms with Crippen molar-refractivity contribution in [3.8, 4) is 5.75 Å². The van der Waals surface area contributed by atoms with Crippen molar-refractivity contribution in [2.45, 2.75) is 38.8 Å². The lowest BCUT2D eigenvalue weighted by Crippen LogP contribution is -2.56. The van der Waals surface area contributed by atoms with Gasteiger partial charge in [0, 0.05) is 44.3 Å². The van der Waals surface area contributed by atoms with Crippen LogP contribution in [0, 0.1) is 5.92 Å². The zero-order valence-electron chi connectivity index (χ0n) is 17.0. The Labute approximate surface area is 163 Å². The first-order valence-electron chi connectivity index (χ1n) is 10.1. The fourth-order valence-corrected chi connectivity index (χ4v) is 3.26. The molecule has 150 valence electrons. The summed E-state index contributed by atoms with van der Waals surface area (Å²) in [6, 6.07) is 8.25. The summed E-state index contributed by atoms with van der Waals surface area (Å²) in [6.07, 6.45) is 2.60. The molecule has 2 aliphatic rings. The highest BCUT2D eigenvalue weighted by Gasteiger charge is 2.28. The highest BCUT2D eigenvalue weighted by Crippen LogP contribution is 2.30. The van der Waals surface area contributed by atoms with E-state index in [0.29, 0.717) is 6.54 Å². The SMILES string of the molecule is CN=C(NCc1ccccc1OCC1CC1)NCC(C)(C)N1CCOCC1. The average molecular weight is 375 g/mol. The molecule has 6 nitrogen and oxygen atoms in total. The molecule has 0 spiro atoms. The molecular formula is C21H34N4O2. The Morgan fingerprint density at radius 3 is 2.67 bits per heavy atom. The van der Waals surface area contributed by atoms with Gasteiger partial charge >= 0.3 is 0 Å². The average Bonchev–Trinajstić information content (AvgIpc) is 3.52. The van der Waals surface area contributed by atoms with Gasteiger partial charge in [0.2, 0.25) is 0 Å². The van der Waals surface area contributed by atoms with E-state index in [9.17, 15) is 0 Å². The van der Waals surface area contributed by atoms with E-state index in [1.807, 2.05) is 13.1 Å². The maximum absolute atomic E-state index is 6.00. The molecule has 1 heterocycles. The molecule has 6 heteroatoms. The Balaban J connectivity index is 1.49. The van der Waals surface area contributed by atoms with Crippen LogP contribution in [0.4, 0.5) is 0 Å². The van der Waals surface area contributed by atoms with Crippen LogP contribution in [0.5, 0.6) is 5.75 Å². The highest BCUT2D eigenvalue weighted by molar-refractivity contribution is 5.79. The van der Waals surface area contributed by atoms with Gasteiger partial charge in [0.15, 0.2) is 5.96 Å². The third-order valence-corrected chi connectivity index (χ3v) is 5.37. The number of guanidine groups is 1. The Bertz CT molecular complexity index is 622. The standard InChI is InChI=1S/C21H34N4O2/c1-21(2,25-10-12-26-13-11-25)16-24-20(22-3)23-14-18-6-4-5-7-19(18)27-15-17-8-9-17/h4-7,17H,8-16H2,1-3H3,(H2,22,23,24). The highest BCUT2D eigenvalue weighted by atomic mass is 16.5. The summed E-state index contributed by atoms with van der Waals surface area (Å²) in [4.78, 5) is 6.85. The molecule has 0 radical (unpaired) electrons. The van der Waals surface area contributed by atoms with Crippen molar-refractivity contribution in [2.75, 3.05) is 46.5 Å². The molecule has 0 unspecified atom stereocenters. The van der Waals surface area contributed by atoms with Crippen LogP contribution in [0.3, 0.4) is 0 Å². The zero-order chi connectivity index (χ0) is 19.1. The first-order valence-corrected chi connectivity index (χ1v) is 10.1. The number of nitrogens with one attached hydrogen (secondary N) is 2. The summed E-state index contributed by atoms with van der Waals surface area (Å²) in [5.41, 5.74) is 1.21. The molecule has 1 aromatic rings. The van der Waals surface area contributed by atoms with Crippen LogP contribution >= 0.6 is 0 Å². The topological polar surface area (TPSA) is 58.1 Å². The minimum atomic E-state index is 0.0483. The Morgan fingerprint density at radius 1 is 1.22 bits per heavy atom. The first kappa shape index (κ1) is 20.0. The van der Waals surface area contributed by atoms with Gasteiger partial charge in [-0.25, -0.2) is 0 Å². The molecule has 2 N–H and O–H groups in total. The van der Waals surface area contributed by atoms with Crippen LogP contribution < -0.4 is 15.4 Å². The molecule has 1 saturated heterocycles. The molecule has 1 aliphatic heterocycles. The van der Waals surface area contributed by atoms with E-state index < -0.39 is 0 Å². The molecule has 1 saturated carbocycles. The normalized spacial score (nSPS) is 19.0. The van der Waals surface area contributed by atoms with Gasteiger partial charge < -0.3 is 20.1 Å². The summed E-state index contributed by atoms with van der Waals surface area (Å²) in [6.45, 7) is 10.5. The second-order valence-corrected chi connectivity index (χ2v) is 8.05. The maximum Gasteiger partial charge on any atom is 0.191 e. The molecule has 27 heavy (non-hydrogen) atoms. The molecule has 0 atom stereocenters. The second kappa shape index (κ2) is 9.42. The third kappa shape index (κ3) is 6.11. The van der Waals surface area contributed by atoms with Gasteiger partial charge in [-0.15, -0.1) is 0 Å². The quantitative estimate of drug-likeness (QED) is 0.540. The lowest BCUT2D eigenvalue weighted by Gasteiger charge is -2.41. The van der Waals surface area contributed by atoms with Gasteiger partial charge in [-0.1, -0.05) is 18.2 Å². The predicted octanol–water partition coefficient (Wildman–Crippen LogP) is 2.25. The monoisotopic (exact) mass is 374 g/mol. The molecule has 0 aromatic heterocycles. The largest absolute Gasteiger partial charge is 0.493 e. The summed E-state index contributed by atoms with van der Waals surface area (Å²) in [7, 11) is 1.81. The van der Waals surface area contributed by atoms with Crippen molar-refractivity contribution in [1.29, 1.82) is 0 Å². The molecular weight excluding hydrogens is 340 g/mol. The fourth-order valence-electron chi connectivity index (χ4n) is 3.26. The van der Waals surface area contributed by atoms with Gasteiger partial charge in [-0.2, -0.15) is 0 Å². The number of para-hydroxylation sites is 1. The number of hydrogen-bond acceptors (Lipinski definition) is 4. The molecule has 0 amide bonds. The van der Waals surface area contributed by atoms with E-state index in [-0.39, 0.29) is 5.54 Å². The summed E-state index contributed by atoms with van der Waals surface area (Å²) >= 11 is 0. The van der Waals surface area contributed by atoms with Crippen molar-refractivity contribution in [1.82, 2.24) is 15.5 Å². The van der Waals surface area contributed by atoms with Crippen molar-refractivity contribution >= 4 is 5.96 Å². The summed E-state index contributed by atoms with van der Waals surface area (Å²) in [5, 5.41) is 6.89. The number of aliphatic imine (C=N–C) groups is 1. The van der Waals surface area contributed by atoms with Crippen molar-refractivity contribution in [3.63, 3.8) is 0 Å². The van der Waals surface area contributed by atoms with Crippen LogP contribution in [-0.2, 0) is 11.3 Å². The summed E-state index contributed by atoms with van der Waals surface area (Å²) < 4.78 is 11.5. The van der Waals surface area contributed by atoms with Gasteiger partial charge in [0.05, 0.1) is 19.8 Å². The van der Waals surface area contributed by atoms with Crippen LogP contribution in [-0.4, -0.2) is 62.9 Å². The predicted molar refractivity (Wildman–Crippen MR) is 109 cm³/mol. The van der Waals surface area contributed by atoms with E-state index in [2.05, 4.69) is 52.6 Å². The van der Waals surface area contributed by atoms with Gasteiger partial charge in [-0.3, -0.25) is 9.89 Å². The van der Waals surface area contributed by atoms with E-state index >= 15 is 0 Å². The minimum Gasteiger partial charge on any atom is -0.493 e. The van der Waals surface area contributed by atoms with Gasteiger partial charge in [0.1, 0.15) is 5.75 Å². The Hall–Kier alpha value is -1.79. The Morgan fingerprint density at radius 2 is 1.96 bits per heavy atom. The van der Waals surface area contributed by atoms with Crippen LogP contribution in [0.2, 0.25) is 0 Å². The minimum absolute atomic E-state index is 0.0483. The lowest BCUT2D eigenvalue weighted by atomic mass is 10.0. The van der Waals surface area contributed by atoms with Crippen molar-refractivity contribution in [3.05, 3.63) is 29.8 Å². The molecule has 0 bridgehead atoms. The van der Waals surface area contributed by atoms with Crippen LogP contribution in [0.1, 0.15) is 32.3 Å². The van der Waals surface area contributed by atoms with Gasteiger partial charge in [-0.05, 0) is 38.7 Å². The smallest absolute Gasteiger partial charge is 0.191 e. The molecule has 3 rings (SSSR count). The van der Waals surface area contributed by atoms with Crippen molar-refractivity contribution in [2.24, 2.45) is 10.9 Å². The van der Waals surface area contributed by atoms with Crippen LogP contribution in [0.15, 0.2) is 29.3 Å². The zero-order valence-corrected chi connectivity index (χ0v) is 17.0. The lowest BCUT2D eigenvalue weighted by molar-refractivity contribution is -0.00834. The van der Waals surface area contributed by atoms with Crippen molar-refractivity contribution < 1.29 is 9.47 Å². The van der Waals surface area contributed by atoms with Crippen LogP contribution in [0.25, 0.3) is 0 Å². The summed E-state index contributed by atoms with van der Waals surface area (Å²) in [5.74, 6) is 2.54. The first-order chi connectivity index (χ1) is 13.1. The number of nitrogens with zero attached hydrogens (tertiary/aromatic N) is 2. The number of ether oxygens (including phenoxy) is 2. The fraction of sp³-hybridized carbons (Fsp3) is 0.667. The van der Waals surface area contributed by atoms with E-state index in [1.54, 1.807) is 0 Å². The van der Waals surface area contributed by atoms with E-state index in [4.69, 9.17) is 9.47 Å². The van der Waals surface area contributed by atoms with Gasteiger partial charge in [0.25, 0.3) is 0 Å². The third-order valence-electron chi connectivity index (χ3n) is 5.37. The number of benzene rings is 1. The second-order valence-electron chi connectivity index (χ2n) is 8.05. The number of hydrogen-bond donors (Lipinski definition) is 2.